The van der Waals surface area contributed by atoms with Crippen molar-refractivity contribution in [2.75, 3.05) is 6.61 Å². The molecule has 2 aliphatic heterocycles. The monoisotopic (exact) mass is 410 g/mol. The first-order valence-corrected chi connectivity index (χ1v) is 10.1. The number of hydrogen-bond donors (Lipinski definition) is 1. The molecule has 0 aliphatic carbocycles. The van der Waals surface area contributed by atoms with Gasteiger partial charge in [-0.15, -0.1) is 0 Å². The minimum absolute atomic E-state index is 0.129. The third-order valence-electron chi connectivity index (χ3n) is 5.19. The Morgan fingerprint density at radius 2 is 1.90 bits per heavy atom. The molecule has 4 heterocycles. The van der Waals surface area contributed by atoms with Crippen LogP contribution in [-0.4, -0.2) is 22.6 Å². The van der Waals surface area contributed by atoms with Gasteiger partial charge in [0.25, 0.3) is 6.02 Å². The van der Waals surface area contributed by atoms with Gasteiger partial charge in [-0.1, -0.05) is 18.1 Å². The second kappa shape index (κ2) is 6.85. The highest BCUT2D eigenvalue weighted by Gasteiger charge is 2.48. The fraction of sp³-hybridized carbons (Fsp3) is 0.240. The maximum absolute atomic E-state index is 6.20. The van der Waals surface area contributed by atoms with E-state index in [0.717, 1.165) is 16.7 Å². The van der Waals surface area contributed by atoms with E-state index in [1.807, 2.05) is 42.6 Å². The second-order valence-corrected chi connectivity index (χ2v) is 8.70. The van der Waals surface area contributed by atoms with E-state index in [9.17, 15) is 0 Å². The molecular weight excluding hydrogens is 388 g/mol. The second-order valence-electron chi connectivity index (χ2n) is 8.70. The number of nitrogens with two attached hydrogens (primary N) is 1. The van der Waals surface area contributed by atoms with Gasteiger partial charge < -0.3 is 15.2 Å². The van der Waals surface area contributed by atoms with Gasteiger partial charge in [0, 0.05) is 28.9 Å². The van der Waals surface area contributed by atoms with Crippen LogP contribution in [0.25, 0.3) is 11.1 Å². The highest BCUT2D eigenvalue weighted by molar-refractivity contribution is 5.77. The lowest BCUT2D eigenvalue weighted by atomic mass is 9.83. The third-order valence-corrected chi connectivity index (χ3v) is 5.19. The molecule has 2 aromatic heterocycles. The molecule has 3 aromatic rings. The van der Waals surface area contributed by atoms with Gasteiger partial charge in [-0.25, -0.2) is 9.98 Å². The van der Waals surface area contributed by atoms with Gasteiger partial charge in [0.15, 0.2) is 11.3 Å². The van der Waals surface area contributed by atoms with Gasteiger partial charge in [-0.05, 0) is 62.6 Å². The molecule has 0 unspecified atom stereocenters. The van der Waals surface area contributed by atoms with Gasteiger partial charge in [0.05, 0.1) is 0 Å². The number of hydrogen-bond acceptors (Lipinski definition) is 6. The number of aliphatic imine (C=N–C) groups is 1. The van der Waals surface area contributed by atoms with Crippen LogP contribution in [-0.2, 0) is 10.3 Å². The van der Waals surface area contributed by atoms with Crippen molar-refractivity contribution in [2.24, 2.45) is 16.1 Å². The SMILES string of the molecule is CC(C)(C)C#Cc1ccc2c(n1)[C@]1(COC(N)=N1)c1cc(-c3cccnc3)ccc1O2. The largest absolute Gasteiger partial charge is 0.462 e. The third kappa shape index (κ3) is 3.38. The molecule has 31 heavy (non-hydrogen) atoms. The van der Waals surface area contributed by atoms with Gasteiger partial charge in [0.2, 0.25) is 0 Å². The fourth-order valence-corrected chi connectivity index (χ4v) is 3.74. The quantitative estimate of drug-likeness (QED) is 0.607. The van der Waals surface area contributed by atoms with Crippen LogP contribution in [0.2, 0.25) is 0 Å². The van der Waals surface area contributed by atoms with Crippen LogP contribution < -0.4 is 10.5 Å². The van der Waals surface area contributed by atoms with Gasteiger partial charge >= 0.3 is 0 Å². The molecular formula is C25H22N4O2. The molecule has 1 atom stereocenters. The summed E-state index contributed by atoms with van der Waals surface area (Å²) in [7, 11) is 0. The Labute approximate surface area is 181 Å². The predicted octanol–water partition coefficient (Wildman–Crippen LogP) is 4.24. The predicted molar refractivity (Wildman–Crippen MR) is 119 cm³/mol. The molecule has 0 saturated heterocycles. The number of benzene rings is 1. The Bertz CT molecular complexity index is 1270. The molecule has 2 aliphatic rings. The lowest BCUT2D eigenvalue weighted by Crippen LogP contribution is -2.32. The number of nitrogens with zero attached hydrogens (tertiary/aromatic N) is 3. The van der Waals surface area contributed by atoms with E-state index in [1.165, 1.54) is 0 Å². The molecule has 5 rings (SSSR count). The van der Waals surface area contributed by atoms with Crippen molar-refractivity contribution >= 4 is 6.02 Å². The van der Waals surface area contributed by atoms with Gasteiger partial charge in [-0.3, -0.25) is 4.98 Å². The maximum Gasteiger partial charge on any atom is 0.283 e. The summed E-state index contributed by atoms with van der Waals surface area (Å²) in [6, 6.07) is 13.8. The van der Waals surface area contributed by atoms with E-state index in [4.69, 9.17) is 25.2 Å². The summed E-state index contributed by atoms with van der Waals surface area (Å²) in [6.07, 6.45) is 3.58. The first kappa shape index (κ1) is 19.1. The van der Waals surface area contributed by atoms with E-state index >= 15 is 0 Å². The maximum atomic E-state index is 6.20. The topological polar surface area (TPSA) is 82.6 Å². The summed E-state index contributed by atoms with van der Waals surface area (Å²) in [5.74, 6) is 7.73. The Hall–Kier alpha value is -3.85. The summed E-state index contributed by atoms with van der Waals surface area (Å²) in [5, 5.41) is 0. The average Bonchev–Trinajstić information content (AvgIpc) is 3.15. The number of aromatic nitrogens is 2. The zero-order valence-corrected chi connectivity index (χ0v) is 17.6. The number of rotatable bonds is 1. The summed E-state index contributed by atoms with van der Waals surface area (Å²) >= 11 is 0. The van der Waals surface area contributed by atoms with Crippen LogP contribution in [0.1, 0.15) is 37.7 Å². The Balaban J connectivity index is 1.69. The van der Waals surface area contributed by atoms with Crippen LogP contribution in [0.4, 0.5) is 0 Å². The highest BCUT2D eigenvalue weighted by Crippen LogP contribution is 2.50. The first-order chi connectivity index (χ1) is 14.8. The Morgan fingerprint density at radius 1 is 1.06 bits per heavy atom. The van der Waals surface area contributed by atoms with Crippen molar-refractivity contribution in [1.82, 2.24) is 9.97 Å². The van der Waals surface area contributed by atoms with Crippen molar-refractivity contribution in [3.05, 3.63) is 71.8 Å². The number of fused-ring (bicyclic) bond motifs is 4. The molecule has 1 spiro atoms. The molecule has 1 aromatic carbocycles. The molecule has 0 bridgehead atoms. The number of pyridine rings is 2. The first-order valence-electron chi connectivity index (χ1n) is 10.1. The van der Waals surface area contributed by atoms with E-state index in [0.29, 0.717) is 22.9 Å². The standard InChI is InChI=1S/C25H22N4O2/c1-24(2,3)11-10-18-7-9-21-22(28-18)25(15-30-23(26)29-25)19-13-16(6-8-20(19)31-21)17-5-4-12-27-14-17/h4-9,12-14H,15H2,1-3H3,(H2,26,29)/t25-/m0/s1. The van der Waals surface area contributed by atoms with E-state index < -0.39 is 5.54 Å². The van der Waals surface area contributed by atoms with Crippen molar-refractivity contribution in [1.29, 1.82) is 0 Å². The van der Waals surface area contributed by atoms with Crippen molar-refractivity contribution < 1.29 is 9.47 Å². The van der Waals surface area contributed by atoms with E-state index in [2.05, 4.69) is 43.7 Å². The zero-order chi connectivity index (χ0) is 21.6. The molecule has 6 nitrogen and oxygen atoms in total. The lowest BCUT2D eigenvalue weighted by molar-refractivity contribution is 0.260. The van der Waals surface area contributed by atoms with Crippen LogP contribution in [0.5, 0.6) is 11.5 Å². The van der Waals surface area contributed by atoms with Crippen LogP contribution >= 0.6 is 0 Å². The molecule has 6 heteroatoms. The van der Waals surface area contributed by atoms with Crippen molar-refractivity contribution in [3.8, 4) is 34.5 Å². The van der Waals surface area contributed by atoms with Gasteiger partial charge in [0.1, 0.15) is 23.7 Å². The normalized spacial score (nSPS) is 18.7. The summed E-state index contributed by atoms with van der Waals surface area (Å²) in [6.45, 7) is 6.45. The molecule has 0 fully saturated rings. The molecule has 0 saturated carbocycles. The van der Waals surface area contributed by atoms with Gasteiger partial charge in [-0.2, -0.15) is 0 Å². The van der Waals surface area contributed by atoms with E-state index in [1.54, 1.807) is 6.20 Å². The molecule has 0 radical (unpaired) electrons. The van der Waals surface area contributed by atoms with Crippen molar-refractivity contribution in [2.45, 2.75) is 26.3 Å². The number of amidine groups is 1. The minimum Gasteiger partial charge on any atom is -0.462 e. The van der Waals surface area contributed by atoms with Crippen molar-refractivity contribution in [3.63, 3.8) is 0 Å². The Kier molecular flexibility index (Phi) is 4.23. The fourth-order valence-electron chi connectivity index (χ4n) is 3.74. The summed E-state index contributed by atoms with van der Waals surface area (Å²) in [5.41, 5.74) is 9.14. The van der Waals surface area contributed by atoms with E-state index in [-0.39, 0.29) is 18.0 Å². The van der Waals surface area contributed by atoms with Crippen LogP contribution in [0.15, 0.2) is 59.9 Å². The van der Waals surface area contributed by atoms with Crippen LogP contribution in [0.3, 0.4) is 0 Å². The summed E-state index contributed by atoms with van der Waals surface area (Å²) < 4.78 is 11.8. The minimum atomic E-state index is -0.884. The molecule has 154 valence electrons. The molecule has 2 N–H and O–H groups in total. The Morgan fingerprint density at radius 3 is 2.61 bits per heavy atom. The smallest absolute Gasteiger partial charge is 0.283 e. The summed E-state index contributed by atoms with van der Waals surface area (Å²) in [4.78, 5) is 13.8. The highest BCUT2D eigenvalue weighted by atomic mass is 16.5. The zero-order valence-electron chi connectivity index (χ0n) is 17.6. The number of ether oxygens (including phenoxy) is 2. The lowest BCUT2D eigenvalue weighted by Gasteiger charge is -2.32. The average molecular weight is 410 g/mol. The molecule has 0 amide bonds. The van der Waals surface area contributed by atoms with Crippen LogP contribution in [0, 0.1) is 17.3 Å².